The first-order valence-corrected chi connectivity index (χ1v) is 12.6. The highest BCUT2D eigenvalue weighted by Gasteiger charge is 2.54. The van der Waals surface area contributed by atoms with Crippen LogP contribution in [0.1, 0.15) is 36.3 Å². The minimum absolute atomic E-state index is 0.0385. The normalized spacial score (nSPS) is 22.3. The summed E-state index contributed by atoms with van der Waals surface area (Å²) in [5.41, 5.74) is 2.61. The Bertz CT molecular complexity index is 1240. The second-order valence-electron chi connectivity index (χ2n) is 10.1. The van der Waals surface area contributed by atoms with Gasteiger partial charge < -0.3 is 19.7 Å². The number of nitrogens with zero attached hydrogens (tertiary/aromatic N) is 3. The SMILES string of the molecule is O=C1NC(O)NC12CN(Cc1ccc(-c3noc(COCC4(c5ccc(Cl)cc5)CCC4)n3)cc1)C2. The zero-order valence-electron chi connectivity index (χ0n) is 19.7. The van der Waals surface area contributed by atoms with E-state index in [4.69, 9.17) is 20.9 Å². The summed E-state index contributed by atoms with van der Waals surface area (Å²) in [6.45, 7) is 2.71. The lowest BCUT2D eigenvalue weighted by Crippen LogP contribution is -2.70. The fourth-order valence-electron chi connectivity index (χ4n) is 5.39. The van der Waals surface area contributed by atoms with E-state index in [1.165, 1.54) is 12.0 Å². The third-order valence-corrected chi connectivity index (χ3v) is 7.81. The molecule has 1 saturated carbocycles. The first kappa shape index (κ1) is 23.6. The van der Waals surface area contributed by atoms with Crippen molar-refractivity contribution in [3.63, 3.8) is 0 Å². The first-order chi connectivity index (χ1) is 17.4. The van der Waals surface area contributed by atoms with Crippen molar-refractivity contribution in [1.29, 1.82) is 0 Å². The van der Waals surface area contributed by atoms with E-state index in [-0.39, 0.29) is 17.9 Å². The summed E-state index contributed by atoms with van der Waals surface area (Å²) in [6.07, 6.45) is 2.42. The number of rotatable bonds is 8. The van der Waals surface area contributed by atoms with Gasteiger partial charge in [-0.25, -0.2) is 0 Å². The maximum atomic E-state index is 12.0. The van der Waals surface area contributed by atoms with E-state index in [1.54, 1.807) is 0 Å². The van der Waals surface area contributed by atoms with Gasteiger partial charge in [0, 0.05) is 35.6 Å². The third-order valence-electron chi connectivity index (χ3n) is 7.56. The molecule has 3 N–H and O–H groups in total. The summed E-state index contributed by atoms with van der Waals surface area (Å²) in [5, 5.41) is 19.9. The monoisotopic (exact) mass is 509 g/mol. The predicted molar refractivity (Wildman–Crippen MR) is 132 cm³/mol. The average molecular weight is 510 g/mol. The van der Waals surface area contributed by atoms with Gasteiger partial charge in [-0.15, -0.1) is 0 Å². The van der Waals surface area contributed by atoms with Crippen molar-refractivity contribution in [3.8, 4) is 11.4 Å². The van der Waals surface area contributed by atoms with Crippen LogP contribution < -0.4 is 10.6 Å². The van der Waals surface area contributed by atoms with Gasteiger partial charge in [0.2, 0.25) is 11.7 Å². The van der Waals surface area contributed by atoms with Crippen LogP contribution in [0.25, 0.3) is 11.4 Å². The molecule has 0 bridgehead atoms. The highest BCUT2D eigenvalue weighted by molar-refractivity contribution is 6.30. The van der Waals surface area contributed by atoms with Gasteiger partial charge in [0.15, 0.2) is 6.35 Å². The number of nitrogens with one attached hydrogen (secondary N) is 2. The van der Waals surface area contributed by atoms with Crippen LogP contribution in [0.3, 0.4) is 0 Å². The van der Waals surface area contributed by atoms with Crippen molar-refractivity contribution in [1.82, 2.24) is 25.7 Å². The van der Waals surface area contributed by atoms with Crippen LogP contribution in [0.5, 0.6) is 0 Å². The molecule has 1 spiro atoms. The highest BCUT2D eigenvalue weighted by Crippen LogP contribution is 2.44. The molecule has 2 saturated heterocycles. The number of aliphatic hydroxyl groups excluding tert-OH is 1. The molecule has 3 aromatic rings. The van der Waals surface area contributed by atoms with Crippen molar-refractivity contribution in [2.45, 2.75) is 49.7 Å². The number of hydrogen-bond donors (Lipinski definition) is 3. The molecule has 6 rings (SSSR count). The Balaban J connectivity index is 1.01. The molecule has 36 heavy (non-hydrogen) atoms. The molecule has 1 aliphatic carbocycles. The summed E-state index contributed by atoms with van der Waals surface area (Å²) < 4.78 is 11.4. The maximum absolute atomic E-state index is 12.0. The topological polar surface area (TPSA) is 113 Å². The molecule has 2 aliphatic heterocycles. The number of benzene rings is 2. The summed E-state index contributed by atoms with van der Waals surface area (Å²) in [4.78, 5) is 18.7. The van der Waals surface area contributed by atoms with Crippen molar-refractivity contribution in [2.24, 2.45) is 0 Å². The number of carbonyl (C=O) groups excluding carboxylic acids is 1. The molecule has 9 nitrogen and oxygen atoms in total. The Morgan fingerprint density at radius 2 is 1.89 bits per heavy atom. The Kier molecular flexibility index (Phi) is 6.05. The van der Waals surface area contributed by atoms with Crippen LogP contribution in [0.15, 0.2) is 53.1 Å². The van der Waals surface area contributed by atoms with E-state index in [0.29, 0.717) is 38.0 Å². The second kappa shape index (κ2) is 9.24. The highest BCUT2D eigenvalue weighted by atomic mass is 35.5. The van der Waals surface area contributed by atoms with Gasteiger partial charge in [0.25, 0.3) is 5.89 Å². The number of halogens is 1. The Hall–Kier alpha value is -2.82. The lowest BCUT2D eigenvalue weighted by molar-refractivity contribution is -0.130. The molecular formula is C26H28ClN5O4. The van der Waals surface area contributed by atoms with Crippen LogP contribution >= 0.6 is 11.6 Å². The quantitative estimate of drug-likeness (QED) is 0.425. The molecule has 10 heteroatoms. The van der Waals surface area contributed by atoms with Crippen LogP contribution in [-0.4, -0.2) is 57.6 Å². The number of likely N-dealkylation sites (tertiary alicyclic amines) is 1. The second-order valence-corrected chi connectivity index (χ2v) is 10.5. The summed E-state index contributed by atoms with van der Waals surface area (Å²) >= 11 is 6.05. The molecule has 2 aromatic carbocycles. The van der Waals surface area contributed by atoms with Crippen LogP contribution in [0.4, 0.5) is 0 Å². The van der Waals surface area contributed by atoms with E-state index >= 15 is 0 Å². The number of ether oxygens (including phenoxy) is 1. The summed E-state index contributed by atoms with van der Waals surface area (Å²) in [5.74, 6) is 0.835. The number of aromatic nitrogens is 2. The predicted octanol–water partition coefficient (Wildman–Crippen LogP) is 2.58. The van der Waals surface area contributed by atoms with Gasteiger partial charge >= 0.3 is 0 Å². The zero-order chi connectivity index (χ0) is 24.8. The lowest BCUT2D eigenvalue weighted by Gasteiger charge is -2.45. The third kappa shape index (κ3) is 4.42. The molecule has 1 unspecified atom stereocenters. The number of carbonyl (C=O) groups is 1. The number of hydrogen-bond acceptors (Lipinski definition) is 8. The standard InChI is InChI=1S/C26H28ClN5O4/c27-20-8-6-19(7-9-20)25(10-1-11-25)16-35-13-21-28-22(31-36-21)18-4-2-17(3-5-18)12-32-14-26(15-32)23(33)29-24(34)30-26/h2-9,24,30,34H,1,10-16H2,(H,29,33). The van der Waals surface area contributed by atoms with Crippen molar-refractivity contribution in [2.75, 3.05) is 19.7 Å². The fourth-order valence-corrected chi connectivity index (χ4v) is 5.52. The van der Waals surface area contributed by atoms with Crippen molar-refractivity contribution < 1.29 is 19.2 Å². The lowest BCUT2D eigenvalue weighted by atomic mass is 9.65. The molecular weight excluding hydrogens is 482 g/mol. The molecule has 1 aromatic heterocycles. The summed E-state index contributed by atoms with van der Waals surface area (Å²) in [6, 6.07) is 16.0. The van der Waals surface area contributed by atoms with E-state index in [9.17, 15) is 9.90 Å². The number of amides is 1. The minimum Gasteiger partial charge on any atom is -0.371 e. The first-order valence-electron chi connectivity index (χ1n) is 12.2. The van der Waals surface area contributed by atoms with E-state index < -0.39 is 11.9 Å². The maximum Gasteiger partial charge on any atom is 0.252 e. The Labute approximate surface area is 213 Å². The minimum atomic E-state index is -0.966. The van der Waals surface area contributed by atoms with Crippen LogP contribution in [0, 0.1) is 0 Å². The molecule has 1 atom stereocenters. The largest absolute Gasteiger partial charge is 0.371 e. The van der Waals surface area contributed by atoms with Crippen LogP contribution in [0.2, 0.25) is 5.02 Å². The van der Waals surface area contributed by atoms with Crippen molar-refractivity contribution in [3.05, 3.63) is 70.6 Å². The van der Waals surface area contributed by atoms with E-state index in [2.05, 4.69) is 37.8 Å². The van der Waals surface area contributed by atoms with Crippen molar-refractivity contribution >= 4 is 17.5 Å². The summed E-state index contributed by atoms with van der Waals surface area (Å²) in [7, 11) is 0. The van der Waals surface area contributed by atoms with E-state index in [0.717, 1.165) is 29.0 Å². The fraction of sp³-hybridized carbons (Fsp3) is 0.423. The average Bonchev–Trinajstić information content (AvgIpc) is 3.40. The smallest absolute Gasteiger partial charge is 0.252 e. The molecule has 188 valence electrons. The molecule has 1 amide bonds. The molecule has 0 radical (unpaired) electrons. The zero-order valence-corrected chi connectivity index (χ0v) is 20.5. The van der Waals surface area contributed by atoms with E-state index in [1.807, 2.05) is 36.4 Å². The van der Waals surface area contributed by atoms with Gasteiger partial charge in [-0.3, -0.25) is 15.0 Å². The Morgan fingerprint density at radius 1 is 1.14 bits per heavy atom. The van der Waals surface area contributed by atoms with Gasteiger partial charge in [-0.2, -0.15) is 4.98 Å². The van der Waals surface area contributed by atoms with Gasteiger partial charge in [0.1, 0.15) is 12.1 Å². The molecule has 3 heterocycles. The molecule has 3 aliphatic rings. The van der Waals surface area contributed by atoms with Crippen LogP contribution in [-0.2, 0) is 28.1 Å². The molecule has 3 fully saturated rings. The number of aliphatic hydroxyl groups is 1. The van der Waals surface area contributed by atoms with Gasteiger partial charge in [-0.1, -0.05) is 59.6 Å². The van der Waals surface area contributed by atoms with Gasteiger partial charge in [-0.05, 0) is 36.1 Å². The van der Waals surface area contributed by atoms with Gasteiger partial charge in [0.05, 0.1) is 6.61 Å². The Morgan fingerprint density at radius 3 is 2.53 bits per heavy atom.